The van der Waals surface area contributed by atoms with Gasteiger partial charge in [-0.15, -0.1) is 0 Å². The third-order valence-corrected chi connectivity index (χ3v) is 10.8. The first-order valence-electron chi connectivity index (χ1n) is 18.9. The predicted molar refractivity (Wildman–Crippen MR) is 233 cm³/mol. The maximum Gasteiger partial charge on any atom is 0.344 e. The van der Waals surface area contributed by atoms with Crippen molar-refractivity contribution in [2.45, 2.75) is 0 Å². The van der Waals surface area contributed by atoms with Crippen LogP contribution in [0.5, 0.6) is 0 Å². The van der Waals surface area contributed by atoms with Crippen LogP contribution in [0.4, 0.5) is 0 Å². The molecular weight excluding hydrogens is 701 g/mol. The van der Waals surface area contributed by atoms with Gasteiger partial charge in [0.25, 0.3) is 0 Å². The van der Waals surface area contributed by atoms with Crippen molar-refractivity contribution in [1.29, 1.82) is 0 Å². The third-order valence-electron chi connectivity index (χ3n) is 10.8. The largest absolute Gasteiger partial charge is 0.422 e. The second kappa shape index (κ2) is 13.2. The van der Waals surface area contributed by atoms with Gasteiger partial charge in [0.05, 0.1) is 21.9 Å². The molecular formula is C51H32N4O2. The molecule has 0 bridgehead atoms. The maximum atomic E-state index is 13.6. The average Bonchev–Trinajstić information content (AvgIpc) is 3.63. The van der Waals surface area contributed by atoms with Gasteiger partial charge in [-0.05, 0) is 65.7 Å². The lowest BCUT2D eigenvalue weighted by Gasteiger charge is -2.10. The Hall–Kier alpha value is -7.83. The molecule has 57 heavy (non-hydrogen) atoms. The van der Waals surface area contributed by atoms with Crippen LogP contribution in [-0.4, -0.2) is 19.5 Å². The van der Waals surface area contributed by atoms with Crippen LogP contribution in [0.3, 0.4) is 0 Å². The second-order valence-electron chi connectivity index (χ2n) is 14.2. The monoisotopic (exact) mass is 732 g/mol. The number of para-hydroxylation sites is 3. The number of hydrogen-bond acceptors (Lipinski definition) is 4. The minimum absolute atomic E-state index is 0.412. The summed E-state index contributed by atoms with van der Waals surface area (Å²) in [7, 11) is 0. The highest BCUT2D eigenvalue weighted by atomic mass is 16.4. The van der Waals surface area contributed by atoms with E-state index in [2.05, 4.69) is 101 Å². The lowest BCUT2D eigenvalue weighted by Crippen LogP contribution is -2.00. The van der Waals surface area contributed by atoms with Gasteiger partial charge in [-0.2, -0.15) is 0 Å². The summed E-state index contributed by atoms with van der Waals surface area (Å²) in [5, 5.41) is 6.29. The Morgan fingerprint density at radius 3 is 1.89 bits per heavy atom. The van der Waals surface area contributed by atoms with Crippen molar-refractivity contribution in [3.63, 3.8) is 0 Å². The fraction of sp³-hybridized carbons (Fsp3) is 0. The van der Waals surface area contributed by atoms with Crippen LogP contribution in [0.15, 0.2) is 197 Å². The molecule has 6 nitrogen and oxygen atoms in total. The van der Waals surface area contributed by atoms with Gasteiger partial charge in [0.15, 0.2) is 5.82 Å². The zero-order chi connectivity index (χ0) is 37.9. The van der Waals surface area contributed by atoms with E-state index in [9.17, 15) is 4.79 Å². The third kappa shape index (κ3) is 5.54. The molecule has 0 aliphatic heterocycles. The van der Waals surface area contributed by atoms with Crippen molar-refractivity contribution in [2.75, 3.05) is 0 Å². The minimum atomic E-state index is -0.412. The van der Waals surface area contributed by atoms with E-state index < -0.39 is 5.63 Å². The number of nitrogens with one attached hydrogen (secondary N) is 1. The normalized spacial score (nSPS) is 11.6. The molecule has 0 saturated heterocycles. The van der Waals surface area contributed by atoms with Crippen molar-refractivity contribution in [1.82, 2.24) is 19.5 Å². The van der Waals surface area contributed by atoms with Gasteiger partial charge in [0, 0.05) is 54.6 Å². The van der Waals surface area contributed by atoms with Crippen LogP contribution in [0.25, 0.3) is 105 Å². The topological polar surface area (TPSA) is 76.7 Å². The fourth-order valence-electron chi connectivity index (χ4n) is 8.13. The summed E-state index contributed by atoms with van der Waals surface area (Å²) in [6.07, 6.45) is 0. The SMILES string of the molecule is O=c1oc2ccccc2c2cc3c(cc12)nc(-c1ccccc1)nc(-c1ccccc1)[nH]c1ccc(-c2ccc4c5ccccc5n(-c5ccccc5)c4c2)cc13. The Morgan fingerprint density at radius 2 is 1.09 bits per heavy atom. The van der Waals surface area contributed by atoms with Gasteiger partial charge >= 0.3 is 5.63 Å². The molecule has 8 aromatic carbocycles. The van der Waals surface area contributed by atoms with Gasteiger partial charge in [-0.25, -0.2) is 14.8 Å². The molecule has 0 aliphatic carbocycles. The van der Waals surface area contributed by atoms with Crippen molar-refractivity contribution in [3.05, 3.63) is 198 Å². The van der Waals surface area contributed by atoms with E-state index >= 15 is 0 Å². The van der Waals surface area contributed by atoms with Crippen molar-refractivity contribution < 1.29 is 4.42 Å². The Labute approximate surface area is 326 Å². The molecule has 0 spiro atoms. The first-order chi connectivity index (χ1) is 28.2. The van der Waals surface area contributed by atoms with Crippen molar-refractivity contribution in [2.24, 2.45) is 0 Å². The quantitative estimate of drug-likeness (QED) is 0.144. The van der Waals surface area contributed by atoms with Gasteiger partial charge in [-0.1, -0.05) is 133 Å². The molecule has 268 valence electrons. The van der Waals surface area contributed by atoms with E-state index in [0.717, 1.165) is 66.0 Å². The molecule has 6 heteroatoms. The Morgan fingerprint density at radius 1 is 0.439 bits per heavy atom. The summed E-state index contributed by atoms with van der Waals surface area (Å²) in [6.45, 7) is 0. The van der Waals surface area contributed by atoms with E-state index in [1.54, 1.807) is 0 Å². The summed E-state index contributed by atoms with van der Waals surface area (Å²) in [6, 6.07) is 64.0. The number of benzene rings is 8. The molecule has 11 aromatic rings. The average molecular weight is 733 g/mol. The lowest BCUT2D eigenvalue weighted by atomic mass is 9.98. The van der Waals surface area contributed by atoms with Gasteiger partial charge < -0.3 is 14.0 Å². The maximum absolute atomic E-state index is 13.6. The molecule has 1 N–H and O–H groups in total. The zero-order valence-electron chi connectivity index (χ0n) is 30.6. The van der Waals surface area contributed by atoms with Crippen LogP contribution < -0.4 is 5.63 Å². The van der Waals surface area contributed by atoms with E-state index in [-0.39, 0.29) is 0 Å². The summed E-state index contributed by atoms with van der Waals surface area (Å²) in [5.74, 6) is 1.17. The molecule has 0 amide bonds. The standard InChI is InChI=1S/C51H32N4O2/c56-51-43-31-45-42(30-40(43)39-21-11-13-23-48(39)57-51)41-28-34(35-24-26-38-37-20-10-12-22-46(37)55(47(38)29-35)36-18-8-3-9-19-36)25-27-44(41)52-49(32-14-4-1-5-15-32)54-50(53-45)33-16-6-2-7-17-33/h1-31H,(H,52,53,54). The van der Waals surface area contributed by atoms with Gasteiger partial charge in [0.1, 0.15) is 11.4 Å². The summed E-state index contributed by atoms with van der Waals surface area (Å²) >= 11 is 0. The molecule has 0 aliphatic rings. The highest BCUT2D eigenvalue weighted by molar-refractivity contribution is 6.15. The number of fused-ring (bicyclic) bond motifs is 9. The lowest BCUT2D eigenvalue weighted by molar-refractivity contribution is 0.570. The zero-order valence-corrected chi connectivity index (χ0v) is 30.6. The minimum Gasteiger partial charge on any atom is -0.422 e. The van der Waals surface area contributed by atoms with E-state index in [4.69, 9.17) is 14.4 Å². The molecule has 3 aromatic heterocycles. The summed E-state index contributed by atoms with van der Waals surface area (Å²) in [5.41, 5.74) is 8.86. The van der Waals surface area contributed by atoms with Gasteiger partial charge in [0.2, 0.25) is 0 Å². The van der Waals surface area contributed by atoms with Crippen LogP contribution in [0.1, 0.15) is 0 Å². The van der Waals surface area contributed by atoms with Crippen molar-refractivity contribution >= 4 is 65.4 Å². The molecule has 0 fully saturated rings. The Kier molecular flexibility index (Phi) is 7.54. The molecule has 0 unspecified atom stereocenters. The van der Waals surface area contributed by atoms with Crippen LogP contribution in [-0.2, 0) is 0 Å². The van der Waals surface area contributed by atoms with Crippen LogP contribution in [0.2, 0.25) is 0 Å². The molecule has 0 atom stereocenters. The number of aromatic amines is 1. The first-order valence-corrected chi connectivity index (χ1v) is 18.9. The number of nitrogens with zero attached hydrogens (tertiary/aromatic N) is 3. The van der Waals surface area contributed by atoms with Crippen LogP contribution >= 0.6 is 0 Å². The number of aromatic nitrogens is 4. The highest BCUT2D eigenvalue weighted by Gasteiger charge is 2.16. The van der Waals surface area contributed by atoms with E-state index in [1.165, 1.54) is 10.8 Å². The van der Waals surface area contributed by atoms with Gasteiger partial charge in [-0.3, -0.25) is 0 Å². The molecule has 11 rings (SSSR count). The van der Waals surface area contributed by atoms with Crippen molar-refractivity contribution in [3.8, 4) is 39.6 Å². The first kappa shape index (κ1) is 32.6. The second-order valence-corrected chi connectivity index (χ2v) is 14.2. The van der Waals surface area contributed by atoms with E-state index in [1.807, 2.05) is 97.1 Å². The number of H-pyrrole nitrogens is 1. The van der Waals surface area contributed by atoms with Crippen LogP contribution in [0, 0.1) is 0 Å². The fourth-order valence-corrected chi connectivity index (χ4v) is 8.13. The Balaban J connectivity index is 1.27. The highest BCUT2D eigenvalue weighted by Crippen LogP contribution is 2.37. The number of hydrogen-bond donors (Lipinski definition) is 1. The van der Waals surface area contributed by atoms with E-state index in [0.29, 0.717) is 28.1 Å². The summed E-state index contributed by atoms with van der Waals surface area (Å²) < 4.78 is 8.17. The molecule has 0 saturated carbocycles. The predicted octanol–water partition coefficient (Wildman–Crippen LogP) is 12.6. The number of rotatable bonds is 4. The molecule has 0 radical (unpaired) electrons. The Bertz CT molecular complexity index is 3480. The smallest absolute Gasteiger partial charge is 0.344 e. The summed E-state index contributed by atoms with van der Waals surface area (Å²) in [4.78, 5) is 27.9. The molecule has 3 heterocycles.